The van der Waals surface area contributed by atoms with Crippen LogP contribution in [0.3, 0.4) is 0 Å². The van der Waals surface area contributed by atoms with Gasteiger partial charge in [0.05, 0.1) is 6.54 Å². The minimum Gasteiger partial charge on any atom is -0.465 e. The molecule has 1 saturated heterocycles. The summed E-state index contributed by atoms with van der Waals surface area (Å²) in [5.41, 5.74) is 6.87. The molecule has 0 aliphatic carbocycles. The van der Waals surface area contributed by atoms with Crippen molar-refractivity contribution in [1.82, 2.24) is 9.80 Å². The van der Waals surface area contributed by atoms with E-state index in [0.717, 1.165) is 30.5 Å². The van der Waals surface area contributed by atoms with E-state index in [1.807, 2.05) is 6.92 Å². The third kappa shape index (κ3) is 3.34. The Kier molecular flexibility index (Phi) is 4.43. The Hall–Kier alpha value is -0.840. The van der Waals surface area contributed by atoms with E-state index in [4.69, 9.17) is 10.2 Å². The topological polar surface area (TPSA) is 45.6 Å². The molecule has 1 aromatic heterocycles. The second kappa shape index (κ2) is 5.87. The average molecular weight is 251 g/mol. The Morgan fingerprint density at radius 1 is 1.56 bits per heavy atom. The van der Waals surface area contributed by atoms with Crippen molar-refractivity contribution in [2.75, 3.05) is 33.7 Å². The van der Waals surface area contributed by atoms with Crippen molar-refractivity contribution in [2.45, 2.75) is 26.4 Å². The van der Waals surface area contributed by atoms with Crippen LogP contribution in [0.15, 0.2) is 10.5 Å². The van der Waals surface area contributed by atoms with Crippen LogP contribution >= 0.6 is 0 Å². The summed E-state index contributed by atoms with van der Waals surface area (Å²) < 4.78 is 5.59. The first-order valence-electron chi connectivity index (χ1n) is 6.74. The van der Waals surface area contributed by atoms with Crippen molar-refractivity contribution in [3.63, 3.8) is 0 Å². The van der Waals surface area contributed by atoms with Gasteiger partial charge in [0.25, 0.3) is 0 Å². The van der Waals surface area contributed by atoms with Crippen LogP contribution in [0.1, 0.15) is 23.5 Å². The number of nitrogens with zero attached hydrogens (tertiary/aromatic N) is 2. The first-order chi connectivity index (χ1) is 8.58. The van der Waals surface area contributed by atoms with E-state index < -0.39 is 0 Å². The highest BCUT2D eigenvalue weighted by Gasteiger charge is 2.21. The van der Waals surface area contributed by atoms with Crippen LogP contribution in [0.4, 0.5) is 0 Å². The van der Waals surface area contributed by atoms with E-state index in [2.05, 4.69) is 30.0 Å². The zero-order valence-electron chi connectivity index (χ0n) is 11.8. The van der Waals surface area contributed by atoms with Gasteiger partial charge >= 0.3 is 0 Å². The molecule has 1 aromatic rings. The summed E-state index contributed by atoms with van der Waals surface area (Å²) in [6.45, 7) is 7.08. The number of nitrogens with two attached hydrogens (primary N) is 1. The third-order valence-electron chi connectivity index (χ3n) is 3.77. The molecule has 0 saturated carbocycles. The molecule has 1 unspecified atom stereocenters. The molecule has 0 amide bonds. The molecular weight excluding hydrogens is 226 g/mol. The van der Waals surface area contributed by atoms with Crippen molar-refractivity contribution in [2.24, 2.45) is 11.7 Å². The number of furan rings is 1. The summed E-state index contributed by atoms with van der Waals surface area (Å²) in [6.07, 6.45) is 1.32. The van der Waals surface area contributed by atoms with Gasteiger partial charge in [-0.2, -0.15) is 0 Å². The molecule has 1 aliphatic heterocycles. The van der Waals surface area contributed by atoms with Gasteiger partial charge in [0.15, 0.2) is 0 Å². The van der Waals surface area contributed by atoms with Crippen LogP contribution in [0.5, 0.6) is 0 Å². The second-order valence-corrected chi connectivity index (χ2v) is 5.61. The highest BCUT2D eigenvalue weighted by molar-refractivity contribution is 5.20. The Labute approximate surface area is 110 Å². The van der Waals surface area contributed by atoms with E-state index >= 15 is 0 Å². The van der Waals surface area contributed by atoms with E-state index in [-0.39, 0.29) is 0 Å². The Morgan fingerprint density at radius 2 is 2.33 bits per heavy atom. The molecule has 2 heterocycles. The molecule has 4 nitrogen and oxygen atoms in total. The fraction of sp³-hybridized carbons (Fsp3) is 0.714. The lowest BCUT2D eigenvalue weighted by Gasteiger charge is -2.20. The molecular formula is C14H25N3O. The summed E-state index contributed by atoms with van der Waals surface area (Å²) in [7, 11) is 4.39. The van der Waals surface area contributed by atoms with Gasteiger partial charge in [-0.3, -0.25) is 0 Å². The highest BCUT2D eigenvalue weighted by Crippen LogP contribution is 2.19. The highest BCUT2D eigenvalue weighted by atomic mass is 16.3. The average Bonchev–Trinajstić information content (AvgIpc) is 2.86. The smallest absolute Gasteiger partial charge is 0.118 e. The predicted molar refractivity (Wildman–Crippen MR) is 73.3 cm³/mol. The van der Waals surface area contributed by atoms with Gasteiger partial charge in [0, 0.05) is 25.2 Å². The normalized spacial score (nSPS) is 21.1. The zero-order chi connectivity index (χ0) is 13.1. The van der Waals surface area contributed by atoms with Crippen molar-refractivity contribution in [3.8, 4) is 0 Å². The first kappa shape index (κ1) is 13.6. The number of hydrogen-bond donors (Lipinski definition) is 1. The maximum atomic E-state index is 5.60. The van der Waals surface area contributed by atoms with Gasteiger partial charge in [-0.15, -0.1) is 0 Å². The van der Waals surface area contributed by atoms with Crippen LogP contribution in [0.2, 0.25) is 0 Å². The molecule has 0 radical (unpaired) electrons. The lowest BCUT2D eigenvalue weighted by molar-refractivity contribution is 0.266. The van der Waals surface area contributed by atoms with Gasteiger partial charge in [0.2, 0.25) is 0 Å². The number of hydrogen-bond acceptors (Lipinski definition) is 4. The van der Waals surface area contributed by atoms with Crippen LogP contribution in [0.25, 0.3) is 0 Å². The SMILES string of the molecule is Cc1oc(CN)cc1CN(C)CC1CCN(C)C1. The van der Waals surface area contributed by atoms with E-state index in [1.54, 1.807) is 0 Å². The Morgan fingerprint density at radius 3 is 2.89 bits per heavy atom. The number of aryl methyl sites for hydroxylation is 1. The van der Waals surface area contributed by atoms with Gasteiger partial charge in [-0.25, -0.2) is 0 Å². The molecule has 18 heavy (non-hydrogen) atoms. The van der Waals surface area contributed by atoms with Crippen LogP contribution in [-0.2, 0) is 13.1 Å². The molecule has 1 aliphatic rings. The maximum Gasteiger partial charge on any atom is 0.118 e. The Balaban J connectivity index is 1.86. The second-order valence-electron chi connectivity index (χ2n) is 5.61. The summed E-state index contributed by atoms with van der Waals surface area (Å²) in [5.74, 6) is 2.70. The Bertz CT molecular complexity index is 388. The lowest BCUT2D eigenvalue weighted by Crippen LogP contribution is -2.27. The zero-order valence-corrected chi connectivity index (χ0v) is 11.8. The van der Waals surface area contributed by atoms with Crippen molar-refractivity contribution >= 4 is 0 Å². The molecule has 2 N–H and O–H groups in total. The third-order valence-corrected chi connectivity index (χ3v) is 3.77. The van der Waals surface area contributed by atoms with Crippen LogP contribution < -0.4 is 5.73 Å². The molecule has 0 bridgehead atoms. The van der Waals surface area contributed by atoms with Crippen molar-refractivity contribution < 1.29 is 4.42 Å². The number of rotatable bonds is 5. The summed E-state index contributed by atoms with van der Waals surface area (Å²) in [6, 6.07) is 2.09. The quantitative estimate of drug-likeness (QED) is 0.860. The lowest BCUT2D eigenvalue weighted by atomic mass is 10.1. The van der Waals surface area contributed by atoms with Gasteiger partial charge in [-0.05, 0) is 46.0 Å². The number of likely N-dealkylation sites (tertiary alicyclic amines) is 1. The fourth-order valence-electron chi connectivity index (χ4n) is 2.82. The largest absolute Gasteiger partial charge is 0.465 e. The fourth-order valence-corrected chi connectivity index (χ4v) is 2.82. The standard InChI is InChI=1S/C14H25N3O/c1-11-13(6-14(7-15)18-11)10-17(3)9-12-4-5-16(2)8-12/h6,12H,4-5,7-10,15H2,1-3H3. The maximum absolute atomic E-state index is 5.60. The molecule has 102 valence electrons. The molecule has 0 spiro atoms. The predicted octanol–water partition coefficient (Wildman–Crippen LogP) is 1.43. The monoisotopic (exact) mass is 251 g/mol. The van der Waals surface area contributed by atoms with Crippen molar-refractivity contribution in [3.05, 3.63) is 23.2 Å². The van der Waals surface area contributed by atoms with Gasteiger partial charge < -0.3 is 20.0 Å². The van der Waals surface area contributed by atoms with E-state index in [1.165, 1.54) is 25.1 Å². The van der Waals surface area contributed by atoms with Crippen molar-refractivity contribution in [1.29, 1.82) is 0 Å². The summed E-state index contributed by atoms with van der Waals surface area (Å²) in [5, 5.41) is 0. The summed E-state index contributed by atoms with van der Waals surface area (Å²) >= 11 is 0. The molecule has 1 fully saturated rings. The molecule has 4 heteroatoms. The molecule has 0 aromatic carbocycles. The summed E-state index contributed by atoms with van der Waals surface area (Å²) in [4.78, 5) is 4.80. The molecule has 2 rings (SSSR count). The van der Waals surface area contributed by atoms with Gasteiger partial charge in [-0.1, -0.05) is 0 Å². The van der Waals surface area contributed by atoms with Crippen LogP contribution in [0, 0.1) is 12.8 Å². The minimum absolute atomic E-state index is 0.484. The van der Waals surface area contributed by atoms with Crippen LogP contribution in [-0.4, -0.2) is 43.5 Å². The van der Waals surface area contributed by atoms with Gasteiger partial charge in [0.1, 0.15) is 11.5 Å². The van der Waals surface area contributed by atoms with E-state index in [9.17, 15) is 0 Å². The van der Waals surface area contributed by atoms with E-state index in [0.29, 0.717) is 6.54 Å². The first-order valence-corrected chi connectivity index (χ1v) is 6.74. The minimum atomic E-state index is 0.484. The molecule has 1 atom stereocenters.